The summed E-state index contributed by atoms with van der Waals surface area (Å²) in [7, 11) is 0. The number of aryl methyl sites for hydroxylation is 2. The molecule has 26 heavy (non-hydrogen) atoms. The van der Waals surface area contributed by atoms with Gasteiger partial charge < -0.3 is 9.80 Å². The summed E-state index contributed by atoms with van der Waals surface area (Å²) in [6.07, 6.45) is 0. The van der Waals surface area contributed by atoms with Crippen LogP contribution < -0.4 is 0 Å². The zero-order chi connectivity index (χ0) is 18.3. The van der Waals surface area contributed by atoms with Gasteiger partial charge in [-0.05, 0) is 38.1 Å². The number of nitrogens with zero attached hydrogens (tertiary/aromatic N) is 4. The molecule has 0 aliphatic carbocycles. The molecule has 5 nitrogen and oxygen atoms in total. The zero-order valence-corrected chi connectivity index (χ0v) is 16.3. The van der Waals surface area contributed by atoms with Crippen molar-refractivity contribution in [1.29, 1.82) is 0 Å². The third-order valence-electron chi connectivity index (χ3n) is 5.21. The number of benzene rings is 1. The van der Waals surface area contributed by atoms with Gasteiger partial charge in [0.2, 0.25) is 0 Å². The van der Waals surface area contributed by atoms with E-state index in [2.05, 4.69) is 30.9 Å². The SMILES string of the molecule is CCN1CCN(C(=O)c2cc3c(C)nn(-c4ccccc4C)c3s2)CC1. The van der Waals surface area contributed by atoms with Crippen LogP contribution in [0.1, 0.15) is 27.9 Å². The summed E-state index contributed by atoms with van der Waals surface area (Å²) >= 11 is 1.55. The average molecular weight is 369 g/mol. The molecule has 0 radical (unpaired) electrons. The van der Waals surface area contributed by atoms with Crippen molar-refractivity contribution in [2.45, 2.75) is 20.8 Å². The number of fused-ring (bicyclic) bond motifs is 1. The number of aromatic nitrogens is 2. The molecule has 1 aliphatic heterocycles. The van der Waals surface area contributed by atoms with E-state index in [1.54, 1.807) is 11.3 Å². The molecular formula is C20H24N4OS. The lowest BCUT2D eigenvalue weighted by molar-refractivity contribution is 0.0648. The molecule has 0 spiro atoms. The Balaban J connectivity index is 1.67. The molecule has 1 fully saturated rings. The van der Waals surface area contributed by atoms with Gasteiger partial charge in [0, 0.05) is 31.6 Å². The molecule has 6 heteroatoms. The van der Waals surface area contributed by atoms with Crippen LogP contribution in [0.4, 0.5) is 0 Å². The molecular weight excluding hydrogens is 344 g/mol. The van der Waals surface area contributed by atoms with E-state index >= 15 is 0 Å². The molecule has 1 saturated heterocycles. The topological polar surface area (TPSA) is 41.4 Å². The molecule has 1 amide bonds. The largest absolute Gasteiger partial charge is 0.335 e. The van der Waals surface area contributed by atoms with Crippen LogP contribution in [-0.4, -0.2) is 58.2 Å². The van der Waals surface area contributed by atoms with Crippen LogP contribution in [-0.2, 0) is 0 Å². The number of hydrogen-bond acceptors (Lipinski definition) is 4. The number of hydrogen-bond donors (Lipinski definition) is 0. The Morgan fingerprint density at radius 2 is 1.88 bits per heavy atom. The predicted octanol–water partition coefficient (Wildman–Crippen LogP) is 3.48. The summed E-state index contributed by atoms with van der Waals surface area (Å²) in [6.45, 7) is 10.9. The fourth-order valence-electron chi connectivity index (χ4n) is 3.54. The highest BCUT2D eigenvalue weighted by atomic mass is 32.1. The molecule has 0 unspecified atom stereocenters. The quantitative estimate of drug-likeness (QED) is 0.711. The summed E-state index contributed by atoms with van der Waals surface area (Å²) in [5.41, 5.74) is 3.21. The van der Waals surface area contributed by atoms with E-state index in [1.807, 2.05) is 34.7 Å². The monoisotopic (exact) mass is 368 g/mol. The number of thiophene rings is 1. The molecule has 0 N–H and O–H groups in total. The number of carbonyl (C=O) groups is 1. The summed E-state index contributed by atoms with van der Waals surface area (Å²) in [6, 6.07) is 10.2. The second-order valence-corrected chi connectivity index (χ2v) is 7.87. The van der Waals surface area contributed by atoms with E-state index in [9.17, 15) is 4.79 Å². The van der Waals surface area contributed by atoms with Crippen molar-refractivity contribution >= 4 is 27.5 Å². The first-order valence-corrected chi connectivity index (χ1v) is 9.97. The van der Waals surface area contributed by atoms with Crippen LogP contribution in [0.3, 0.4) is 0 Å². The lowest BCUT2D eigenvalue weighted by atomic mass is 10.2. The molecule has 2 aromatic heterocycles. The highest BCUT2D eigenvalue weighted by molar-refractivity contribution is 7.20. The maximum Gasteiger partial charge on any atom is 0.264 e. The van der Waals surface area contributed by atoms with Gasteiger partial charge in [-0.25, -0.2) is 4.68 Å². The normalized spacial score (nSPS) is 15.7. The van der Waals surface area contributed by atoms with Crippen molar-refractivity contribution in [2.75, 3.05) is 32.7 Å². The minimum absolute atomic E-state index is 0.151. The van der Waals surface area contributed by atoms with E-state index in [1.165, 1.54) is 5.56 Å². The molecule has 0 atom stereocenters. The number of para-hydroxylation sites is 1. The Labute approximate surface area is 157 Å². The van der Waals surface area contributed by atoms with Gasteiger partial charge in [0.25, 0.3) is 5.91 Å². The Hall–Kier alpha value is -2.18. The number of rotatable bonds is 3. The Kier molecular flexibility index (Phi) is 4.54. The van der Waals surface area contributed by atoms with Gasteiger partial charge in [0.15, 0.2) is 0 Å². The minimum atomic E-state index is 0.151. The predicted molar refractivity (Wildman–Crippen MR) is 106 cm³/mol. The molecule has 0 bridgehead atoms. The van der Waals surface area contributed by atoms with Crippen molar-refractivity contribution < 1.29 is 4.79 Å². The van der Waals surface area contributed by atoms with E-state index < -0.39 is 0 Å². The van der Waals surface area contributed by atoms with Crippen LogP contribution in [0.25, 0.3) is 15.9 Å². The number of likely N-dealkylation sites (N-methyl/N-ethyl adjacent to an activating group) is 1. The van der Waals surface area contributed by atoms with Crippen LogP contribution in [0.5, 0.6) is 0 Å². The van der Waals surface area contributed by atoms with Crippen molar-refractivity contribution in [3.05, 3.63) is 46.5 Å². The van der Waals surface area contributed by atoms with Crippen molar-refractivity contribution in [3.8, 4) is 5.69 Å². The van der Waals surface area contributed by atoms with E-state index in [4.69, 9.17) is 5.10 Å². The van der Waals surface area contributed by atoms with Gasteiger partial charge in [-0.15, -0.1) is 11.3 Å². The summed E-state index contributed by atoms with van der Waals surface area (Å²) < 4.78 is 1.98. The number of amides is 1. The fraction of sp³-hybridized carbons (Fsp3) is 0.400. The van der Waals surface area contributed by atoms with E-state index in [0.717, 1.165) is 59.2 Å². The summed E-state index contributed by atoms with van der Waals surface area (Å²) in [5.74, 6) is 0.151. The maximum atomic E-state index is 13.0. The average Bonchev–Trinajstić information content (AvgIpc) is 3.23. The first kappa shape index (κ1) is 17.2. The first-order chi connectivity index (χ1) is 12.6. The Morgan fingerprint density at radius 3 is 2.58 bits per heavy atom. The van der Waals surface area contributed by atoms with Gasteiger partial charge in [-0.2, -0.15) is 5.10 Å². The second-order valence-electron chi connectivity index (χ2n) is 6.84. The summed E-state index contributed by atoms with van der Waals surface area (Å²) in [4.78, 5) is 19.2. The fourth-order valence-corrected chi connectivity index (χ4v) is 4.68. The lowest BCUT2D eigenvalue weighted by Gasteiger charge is -2.33. The first-order valence-electron chi connectivity index (χ1n) is 9.15. The van der Waals surface area contributed by atoms with Gasteiger partial charge >= 0.3 is 0 Å². The van der Waals surface area contributed by atoms with Crippen molar-refractivity contribution in [2.24, 2.45) is 0 Å². The molecule has 1 aromatic carbocycles. The van der Waals surface area contributed by atoms with Gasteiger partial charge in [-0.3, -0.25) is 4.79 Å². The third-order valence-corrected chi connectivity index (χ3v) is 6.30. The highest BCUT2D eigenvalue weighted by Crippen LogP contribution is 2.32. The zero-order valence-electron chi connectivity index (χ0n) is 15.5. The molecule has 4 rings (SSSR count). The third kappa shape index (κ3) is 2.93. The Bertz CT molecular complexity index is 950. The van der Waals surface area contributed by atoms with Crippen LogP contribution in [0.2, 0.25) is 0 Å². The number of carbonyl (C=O) groups excluding carboxylic acids is 1. The van der Waals surface area contributed by atoms with Crippen LogP contribution in [0, 0.1) is 13.8 Å². The summed E-state index contributed by atoms with van der Waals surface area (Å²) in [5, 5.41) is 5.79. The smallest absolute Gasteiger partial charge is 0.264 e. The van der Waals surface area contributed by atoms with Crippen molar-refractivity contribution in [3.63, 3.8) is 0 Å². The van der Waals surface area contributed by atoms with E-state index in [0.29, 0.717) is 0 Å². The van der Waals surface area contributed by atoms with Gasteiger partial charge in [0.1, 0.15) is 4.83 Å². The molecule has 136 valence electrons. The minimum Gasteiger partial charge on any atom is -0.335 e. The Morgan fingerprint density at radius 1 is 1.15 bits per heavy atom. The molecule has 0 saturated carbocycles. The van der Waals surface area contributed by atoms with Gasteiger partial charge in [0.05, 0.1) is 16.3 Å². The maximum absolute atomic E-state index is 13.0. The molecule has 3 aromatic rings. The number of piperazine rings is 1. The van der Waals surface area contributed by atoms with Crippen molar-refractivity contribution in [1.82, 2.24) is 19.6 Å². The van der Waals surface area contributed by atoms with Crippen LogP contribution >= 0.6 is 11.3 Å². The molecule has 1 aliphatic rings. The second kappa shape index (κ2) is 6.85. The lowest BCUT2D eigenvalue weighted by Crippen LogP contribution is -2.48. The van der Waals surface area contributed by atoms with Gasteiger partial charge in [-0.1, -0.05) is 25.1 Å². The van der Waals surface area contributed by atoms with Crippen LogP contribution in [0.15, 0.2) is 30.3 Å². The standard InChI is InChI=1S/C20H24N4OS/c1-4-22-9-11-23(12-10-22)19(25)18-13-16-15(3)21-24(20(16)26-18)17-8-6-5-7-14(17)2/h5-8,13H,4,9-12H2,1-3H3. The van der Waals surface area contributed by atoms with E-state index in [-0.39, 0.29) is 5.91 Å². The molecule has 3 heterocycles. The highest BCUT2D eigenvalue weighted by Gasteiger charge is 2.24.